The predicted molar refractivity (Wildman–Crippen MR) is 138 cm³/mol. The lowest BCUT2D eigenvalue weighted by atomic mass is 9.79. The first-order valence-electron chi connectivity index (χ1n) is 12.4. The van der Waals surface area contributed by atoms with Crippen LogP contribution < -0.4 is 0 Å². The lowest BCUT2D eigenvalue weighted by Gasteiger charge is -2.32. The molecule has 0 bridgehead atoms. The minimum Gasteiger partial charge on any atom is -0.461 e. The number of amides is 1. The number of hydrogen-bond acceptors (Lipinski definition) is 4. The quantitative estimate of drug-likeness (QED) is 0.347. The van der Waals surface area contributed by atoms with Crippen molar-refractivity contribution in [1.29, 1.82) is 0 Å². The summed E-state index contributed by atoms with van der Waals surface area (Å²) in [6.07, 6.45) is 1.66. The molecule has 0 unspecified atom stereocenters. The number of fused-ring (bicyclic) bond motifs is 3. The van der Waals surface area contributed by atoms with E-state index in [9.17, 15) is 9.59 Å². The van der Waals surface area contributed by atoms with Crippen LogP contribution in [0.3, 0.4) is 0 Å². The topological polar surface area (TPSA) is 55.8 Å². The van der Waals surface area contributed by atoms with Crippen molar-refractivity contribution in [3.63, 3.8) is 0 Å². The van der Waals surface area contributed by atoms with E-state index in [4.69, 9.17) is 9.47 Å². The number of nitrogens with zero attached hydrogens (tertiary/aromatic N) is 1. The molecule has 1 aliphatic carbocycles. The molecule has 35 heavy (non-hydrogen) atoms. The van der Waals surface area contributed by atoms with E-state index in [1.54, 1.807) is 4.90 Å². The first-order chi connectivity index (χ1) is 17.0. The third-order valence-electron chi connectivity index (χ3n) is 6.82. The van der Waals surface area contributed by atoms with Crippen LogP contribution >= 0.6 is 0 Å². The summed E-state index contributed by atoms with van der Waals surface area (Å²) in [6.45, 7) is 7.27. The monoisotopic (exact) mass is 471 g/mol. The number of ether oxygens (including phenoxy) is 2. The van der Waals surface area contributed by atoms with Crippen LogP contribution in [-0.2, 0) is 21.3 Å². The molecule has 0 saturated carbocycles. The van der Waals surface area contributed by atoms with Crippen LogP contribution in [0.1, 0.15) is 54.2 Å². The molecule has 5 heteroatoms. The second-order valence-corrected chi connectivity index (χ2v) is 8.92. The average molecular weight is 472 g/mol. The summed E-state index contributed by atoms with van der Waals surface area (Å²) in [6, 6.07) is 23.7. The summed E-state index contributed by atoms with van der Waals surface area (Å²) >= 11 is 0. The van der Waals surface area contributed by atoms with E-state index in [0.29, 0.717) is 18.7 Å². The SMILES string of the molecule is CCCc1ccc(C(=O)OCC2(COC(=O)N(CC)CC)c3ccccc3-c3ccccc32)cc1. The number of aryl methyl sites for hydroxylation is 1. The number of rotatable bonds is 9. The Bertz CT molecular complexity index is 1140. The third-order valence-corrected chi connectivity index (χ3v) is 6.82. The van der Waals surface area contributed by atoms with Gasteiger partial charge in [-0.05, 0) is 60.2 Å². The van der Waals surface area contributed by atoms with Crippen molar-refractivity contribution in [3.05, 3.63) is 95.1 Å². The first-order valence-corrected chi connectivity index (χ1v) is 12.4. The first kappa shape index (κ1) is 24.5. The minimum atomic E-state index is -0.784. The molecule has 3 aromatic rings. The van der Waals surface area contributed by atoms with Gasteiger partial charge < -0.3 is 14.4 Å². The van der Waals surface area contributed by atoms with Crippen LogP contribution in [0.5, 0.6) is 0 Å². The zero-order valence-corrected chi connectivity index (χ0v) is 20.8. The normalized spacial score (nSPS) is 13.0. The Labute approximate surface area is 207 Å². The maximum absolute atomic E-state index is 13.0. The van der Waals surface area contributed by atoms with E-state index in [1.165, 1.54) is 5.56 Å². The van der Waals surface area contributed by atoms with Gasteiger partial charge in [-0.1, -0.05) is 74.0 Å². The van der Waals surface area contributed by atoms with Gasteiger partial charge in [0, 0.05) is 13.1 Å². The van der Waals surface area contributed by atoms with Crippen molar-refractivity contribution in [3.8, 4) is 11.1 Å². The van der Waals surface area contributed by atoms with E-state index < -0.39 is 5.41 Å². The molecule has 182 valence electrons. The van der Waals surface area contributed by atoms with Gasteiger partial charge in [-0.2, -0.15) is 0 Å². The van der Waals surface area contributed by atoms with Crippen LogP contribution in [-0.4, -0.2) is 43.3 Å². The fraction of sp³-hybridized carbons (Fsp3) is 0.333. The standard InChI is InChI=1S/C30H33NO4/c1-4-11-22-16-18-23(19-17-22)28(32)34-20-30(21-35-29(33)31(5-2)6-3)26-14-9-7-12-24(26)25-13-8-10-15-27(25)30/h7-10,12-19H,4-6,11,20-21H2,1-3H3. The van der Waals surface area contributed by atoms with Crippen molar-refractivity contribution in [2.75, 3.05) is 26.3 Å². The summed E-state index contributed by atoms with van der Waals surface area (Å²) in [5, 5.41) is 0. The summed E-state index contributed by atoms with van der Waals surface area (Å²) in [5.41, 5.74) is 5.07. The predicted octanol–water partition coefficient (Wildman–Crippen LogP) is 6.24. The number of esters is 1. The number of hydrogen-bond donors (Lipinski definition) is 0. The Balaban J connectivity index is 1.65. The van der Waals surface area contributed by atoms with Gasteiger partial charge in [0.05, 0.1) is 11.0 Å². The van der Waals surface area contributed by atoms with Crippen molar-refractivity contribution in [2.24, 2.45) is 0 Å². The molecule has 0 radical (unpaired) electrons. The molecular weight excluding hydrogens is 438 g/mol. The van der Waals surface area contributed by atoms with Gasteiger partial charge in [-0.25, -0.2) is 9.59 Å². The fourth-order valence-electron chi connectivity index (χ4n) is 4.89. The van der Waals surface area contributed by atoms with E-state index in [-0.39, 0.29) is 25.3 Å². The highest BCUT2D eigenvalue weighted by Gasteiger charge is 2.45. The Morgan fingerprint density at radius 3 is 1.83 bits per heavy atom. The smallest absolute Gasteiger partial charge is 0.409 e. The van der Waals surface area contributed by atoms with Gasteiger partial charge >= 0.3 is 12.1 Å². The summed E-state index contributed by atoms with van der Waals surface area (Å²) in [4.78, 5) is 27.4. The third kappa shape index (κ3) is 4.81. The minimum absolute atomic E-state index is 0.0715. The molecule has 4 rings (SSSR count). The molecule has 0 N–H and O–H groups in total. The number of carbonyl (C=O) groups is 2. The van der Waals surface area contributed by atoms with Gasteiger partial charge in [0.1, 0.15) is 13.2 Å². The molecule has 0 aliphatic heterocycles. The summed E-state index contributed by atoms with van der Waals surface area (Å²) < 4.78 is 11.8. The van der Waals surface area contributed by atoms with Gasteiger partial charge in [0.2, 0.25) is 0 Å². The van der Waals surface area contributed by atoms with Crippen molar-refractivity contribution in [1.82, 2.24) is 4.90 Å². The van der Waals surface area contributed by atoms with E-state index in [1.807, 2.05) is 74.5 Å². The zero-order valence-electron chi connectivity index (χ0n) is 20.8. The highest BCUT2D eigenvalue weighted by atomic mass is 16.6. The van der Waals surface area contributed by atoms with E-state index >= 15 is 0 Å². The number of carbonyl (C=O) groups excluding carboxylic acids is 2. The maximum atomic E-state index is 13.0. The lowest BCUT2D eigenvalue weighted by Crippen LogP contribution is -2.41. The zero-order chi connectivity index (χ0) is 24.8. The van der Waals surface area contributed by atoms with Crippen molar-refractivity contribution >= 4 is 12.1 Å². The number of benzene rings is 3. The molecule has 3 aromatic carbocycles. The summed E-state index contributed by atoms with van der Waals surface area (Å²) in [5.74, 6) is -0.385. The maximum Gasteiger partial charge on any atom is 0.409 e. The Morgan fingerprint density at radius 2 is 1.29 bits per heavy atom. The van der Waals surface area contributed by atoms with E-state index in [0.717, 1.165) is 35.1 Å². The molecule has 1 amide bonds. The molecule has 0 saturated heterocycles. The largest absolute Gasteiger partial charge is 0.461 e. The second kappa shape index (κ2) is 10.8. The Kier molecular flexibility index (Phi) is 7.54. The molecule has 5 nitrogen and oxygen atoms in total. The molecule has 0 fully saturated rings. The van der Waals surface area contributed by atoms with Crippen LogP contribution in [0.25, 0.3) is 11.1 Å². The van der Waals surface area contributed by atoms with Crippen LogP contribution in [0.15, 0.2) is 72.8 Å². The van der Waals surface area contributed by atoms with Gasteiger partial charge in [0.15, 0.2) is 0 Å². The Hall–Kier alpha value is -3.60. The highest BCUT2D eigenvalue weighted by molar-refractivity contribution is 5.90. The van der Waals surface area contributed by atoms with Gasteiger partial charge in [0.25, 0.3) is 0 Å². The molecular formula is C30H33NO4. The second-order valence-electron chi connectivity index (χ2n) is 8.92. The molecule has 0 atom stereocenters. The average Bonchev–Trinajstić information content (AvgIpc) is 3.18. The van der Waals surface area contributed by atoms with Gasteiger partial charge in [-0.3, -0.25) is 0 Å². The van der Waals surface area contributed by atoms with Crippen LogP contribution in [0.4, 0.5) is 4.79 Å². The fourth-order valence-corrected chi connectivity index (χ4v) is 4.89. The van der Waals surface area contributed by atoms with Crippen molar-refractivity contribution < 1.29 is 19.1 Å². The van der Waals surface area contributed by atoms with E-state index in [2.05, 4.69) is 19.1 Å². The molecule has 0 heterocycles. The van der Waals surface area contributed by atoms with Gasteiger partial charge in [-0.15, -0.1) is 0 Å². The molecule has 0 spiro atoms. The Morgan fingerprint density at radius 1 is 0.743 bits per heavy atom. The highest BCUT2D eigenvalue weighted by Crippen LogP contribution is 2.49. The lowest BCUT2D eigenvalue weighted by molar-refractivity contribution is 0.0324. The molecule has 0 aromatic heterocycles. The van der Waals surface area contributed by atoms with Crippen LogP contribution in [0, 0.1) is 0 Å². The molecule has 1 aliphatic rings. The van der Waals surface area contributed by atoms with Crippen LogP contribution in [0.2, 0.25) is 0 Å². The summed E-state index contributed by atoms with van der Waals surface area (Å²) in [7, 11) is 0. The van der Waals surface area contributed by atoms with Crippen molar-refractivity contribution in [2.45, 2.75) is 39.0 Å².